The SMILES string of the molecule is CNC(Cc1ccc(F)c(F)c1)Cc1ncnn1C(C)C. The molecular formula is C15H20F2N4. The zero-order valence-electron chi connectivity index (χ0n) is 12.5. The number of hydrogen-bond acceptors (Lipinski definition) is 3. The van der Waals surface area contributed by atoms with Crippen LogP contribution in [0.2, 0.25) is 0 Å². The lowest BCUT2D eigenvalue weighted by Gasteiger charge is -2.17. The van der Waals surface area contributed by atoms with E-state index in [2.05, 4.69) is 15.4 Å². The maximum atomic E-state index is 13.3. The molecule has 1 atom stereocenters. The summed E-state index contributed by atoms with van der Waals surface area (Å²) in [5.41, 5.74) is 0.754. The lowest BCUT2D eigenvalue weighted by molar-refractivity contribution is 0.468. The first-order valence-corrected chi connectivity index (χ1v) is 7.00. The molecule has 4 nitrogen and oxygen atoms in total. The van der Waals surface area contributed by atoms with Crippen LogP contribution in [0.5, 0.6) is 0 Å². The molecule has 0 fully saturated rings. The molecular weight excluding hydrogens is 274 g/mol. The molecule has 1 unspecified atom stereocenters. The van der Waals surface area contributed by atoms with Crippen LogP contribution in [0.4, 0.5) is 8.78 Å². The van der Waals surface area contributed by atoms with E-state index in [1.165, 1.54) is 6.07 Å². The average Bonchev–Trinajstić information content (AvgIpc) is 2.90. The number of hydrogen-bond donors (Lipinski definition) is 1. The molecule has 0 spiro atoms. The fraction of sp³-hybridized carbons (Fsp3) is 0.467. The molecule has 1 heterocycles. The van der Waals surface area contributed by atoms with Crippen molar-refractivity contribution in [2.75, 3.05) is 7.05 Å². The molecule has 0 saturated heterocycles. The van der Waals surface area contributed by atoms with Crippen molar-refractivity contribution in [1.82, 2.24) is 20.1 Å². The van der Waals surface area contributed by atoms with Crippen molar-refractivity contribution in [3.05, 3.63) is 47.5 Å². The van der Waals surface area contributed by atoms with Gasteiger partial charge in [-0.1, -0.05) is 6.07 Å². The van der Waals surface area contributed by atoms with E-state index in [1.54, 1.807) is 12.4 Å². The third kappa shape index (κ3) is 3.85. The highest BCUT2D eigenvalue weighted by molar-refractivity contribution is 5.19. The molecule has 1 aromatic carbocycles. The molecule has 0 aliphatic rings. The maximum absolute atomic E-state index is 13.3. The summed E-state index contributed by atoms with van der Waals surface area (Å²) < 4.78 is 28.1. The van der Waals surface area contributed by atoms with Gasteiger partial charge >= 0.3 is 0 Å². The van der Waals surface area contributed by atoms with Crippen LogP contribution in [0.1, 0.15) is 31.3 Å². The number of nitrogens with zero attached hydrogens (tertiary/aromatic N) is 3. The smallest absolute Gasteiger partial charge is 0.159 e. The minimum Gasteiger partial charge on any atom is -0.316 e. The summed E-state index contributed by atoms with van der Waals surface area (Å²) >= 11 is 0. The lowest BCUT2D eigenvalue weighted by Crippen LogP contribution is -2.31. The number of halogens is 2. The predicted molar refractivity (Wildman–Crippen MR) is 77.0 cm³/mol. The van der Waals surface area contributed by atoms with Crippen LogP contribution in [-0.4, -0.2) is 27.9 Å². The van der Waals surface area contributed by atoms with Gasteiger partial charge in [0.25, 0.3) is 0 Å². The fourth-order valence-electron chi connectivity index (χ4n) is 2.30. The fourth-order valence-corrected chi connectivity index (χ4v) is 2.30. The van der Waals surface area contributed by atoms with Gasteiger partial charge in [0, 0.05) is 18.5 Å². The largest absolute Gasteiger partial charge is 0.316 e. The number of benzene rings is 1. The highest BCUT2D eigenvalue weighted by atomic mass is 19.2. The van der Waals surface area contributed by atoms with Gasteiger partial charge in [-0.25, -0.2) is 18.4 Å². The molecule has 0 amide bonds. The summed E-state index contributed by atoms with van der Waals surface area (Å²) in [5, 5.41) is 7.40. The van der Waals surface area contributed by atoms with Crippen molar-refractivity contribution in [2.45, 2.75) is 38.8 Å². The predicted octanol–water partition coefficient (Wildman–Crippen LogP) is 2.51. The van der Waals surface area contributed by atoms with Crippen LogP contribution >= 0.6 is 0 Å². The summed E-state index contributed by atoms with van der Waals surface area (Å²) in [4.78, 5) is 4.28. The van der Waals surface area contributed by atoms with Gasteiger partial charge in [-0.15, -0.1) is 0 Å². The Morgan fingerprint density at radius 2 is 1.95 bits per heavy atom. The van der Waals surface area contributed by atoms with E-state index in [9.17, 15) is 8.78 Å². The van der Waals surface area contributed by atoms with Crippen molar-refractivity contribution in [3.8, 4) is 0 Å². The topological polar surface area (TPSA) is 42.7 Å². The van der Waals surface area contributed by atoms with Crippen LogP contribution in [0.15, 0.2) is 24.5 Å². The molecule has 114 valence electrons. The highest BCUT2D eigenvalue weighted by Gasteiger charge is 2.15. The Labute approximate surface area is 123 Å². The van der Waals surface area contributed by atoms with Gasteiger partial charge in [0.15, 0.2) is 11.6 Å². The van der Waals surface area contributed by atoms with Gasteiger partial charge in [-0.3, -0.25) is 0 Å². The normalized spacial score (nSPS) is 12.9. The quantitative estimate of drug-likeness (QED) is 0.890. The second-order valence-electron chi connectivity index (χ2n) is 5.36. The summed E-state index contributed by atoms with van der Waals surface area (Å²) in [7, 11) is 1.85. The summed E-state index contributed by atoms with van der Waals surface area (Å²) in [5.74, 6) is -0.751. The zero-order chi connectivity index (χ0) is 15.4. The van der Waals surface area contributed by atoms with Crippen LogP contribution in [0, 0.1) is 11.6 Å². The van der Waals surface area contributed by atoms with Crippen LogP contribution < -0.4 is 5.32 Å². The third-order valence-corrected chi connectivity index (χ3v) is 3.44. The van der Waals surface area contributed by atoms with E-state index < -0.39 is 11.6 Å². The Hall–Kier alpha value is -1.82. The summed E-state index contributed by atoms with van der Waals surface area (Å²) in [6.07, 6.45) is 2.81. The van der Waals surface area contributed by atoms with Gasteiger partial charge in [-0.2, -0.15) is 5.10 Å². The molecule has 21 heavy (non-hydrogen) atoms. The maximum Gasteiger partial charge on any atom is 0.159 e. The van der Waals surface area contributed by atoms with Crippen LogP contribution in [-0.2, 0) is 12.8 Å². The lowest BCUT2D eigenvalue weighted by atomic mass is 10.0. The second-order valence-corrected chi connectivity index (χ2v) is 5.36. The Morgan fingerprint density at radius 3 is 2.57 bits per heavy atom. The molecule has 0 bridgehead atoms. The minimum atomic E-state index is -0.820. The third-order valence-electron chi connectivity index (χ3n) is 3.44. The Balaban J connectivity index is 2.09. The molecule has 0 radical (unpaired) electrons. The van der Waals surface area contributed by atoms with Gasteiger partial charge in [0.1, 0.15) is 12.2 Å². The molecule has 6 heteroatoms. The molecule has 2 aromatic rings. The van der Waals surface area contributed by atoms with E-state index in [-0.39, 0.29) is 12.1 Å². The van der Waals surface area contributed by atoms with Crippen molar-refractivity contribution in [3.63, 3.8) is 0 Å². The second kappa shape index (κ2) is 6.76. The van der Waals surface area contributed by atoms with Crippen molar-refractivity contribution in [2.24, 2.45) is 0 Å². The Kier molecular flexibility index (Phi) is 5.01. The minimum absolute atomic E-state index is 0.0801. The van der Waals surface area contributed by atoms with E-state index in [4.69, 9.17) is 0 Å². The van der Waals surface area contributed by atoms with Gasteiger partial charge in [-0.05, 0) is 45.0 Å². The molecule has 0 saturated carbocycles. The van der Waals surface area contributed by atoms with Crippen molar-refractivity contribution in [1.29, 1.82) is 0 Å². The van der Waals surface area contributed by atoms with E-state index in [0.717, 1.165) is 17.5 Å². The monoisotopic (exact) mass is 294 g/mol. The van der Waals surface area contributed by atoms with Crippen molar-refractivity contribution >= 4 is 0 Å². The molecule has 1 aromatic heterocycles. The first-order valence-electron chi connectivity index (χ1n) is 7.00. The summed E-state index contributed by atoms with van der Waals surface area (Å²) in [6, 6.07) is 4.33. The Bertz CT molecular complexity index is 595. The van der Waals surface area contributed by atoms with Gasteiger partial charge in [0.05, 0.1) is 0 Å². The van der Waals surface area contributed by atoms with E-state index in [1.807, 2.05) is 25.6 Å². The van der Waals surface area contributed by atoms with Crippen molar-refractivity contribution < 1.29 is 8.78 Å². The van der Waals surface area contributed by atoms with E-state index >= 15 is 0 Å². The first-order chi connectivity index (χ1) is 10.0. The van der Waals surface area contributed by atoms with E-state index in [0.29, 0.717) is 12.8 Å². The van der Waals surface area contributed by atoms with Crippen LogP contribution in [0.25, 0.3) is 0 Å². The molecule has 0 aliphatic heterocycles. The number of rotatable bonds is 6. The Morgan fingerprint density at radius 1 is 1.19 bits per heavy atom. The van der Waals surface area contributed by atoms with Gasteiger partial charge < -0.3 is 5.32 Å². The molecule has 0 aliphatic carbocycles. The molecule has 2 rings (SSSR count). The zero-order valence-corrected chi connectivity index (χ0v) is 12.5. The summed E-state index contributed by atoms with van der Waals surface area (Å²) in [6.45, 7) is 4.09. The number of likely N-dealkylation sites (N-methyl/N-ethyl adjacent to an activating group) is 1. The number of nitrogens with one attached hydrogen (secondary N) is 1. The first kappa shape index (κ1) is 15.6. The highest BCUT2D eigenvalue weighted by Crippen LogP contribution is 2.13. The van der Waals surface area contributed by atoms with Crippen LogP contribution in [0.3, 0.4) is 0 Å². The molecule has 1 N–H and O–H groups in total. The van der Waals surface area contributed by atoms with Gasteiger partial charge in [0.2, 0.25) is 0 Å². The number of aromatic nitrogens is 3. The standard InChI is InChI=1S/C15H20F2N4/c1-10(2)21-15(19-9-20-21)8-12(18-3)6-11-4-5-13(16)14(17)7-11/h4-5,7,9-10,12,18H,6,8H2,1-3H3. The average molecular weight is 294 g/mol.